The van der Waals surface area contributed by atoms with Crippen molar-refractivity contribution in [1.29, 1.82) is 0 Å². The van der Waals surface area contributed by atoms with Crippen molar-refractivity contribution in [2.75, 3.05) is 26.0 Å². The molecule has 1 aliphatic heterocycles. The summed E-state index contributed by atoms with van der Waals surface area (Å²) in [5.41, 5.74) is 1.82. The summed E-state index contributed by atoms with van der Waals surface area (Å²) < 4.78 is 7.26. The molecule has 1 aliphatic rings. The fourth-order valence-corrected chi connectivity index (χ4v) is 4.50. The molecule has 156 valence electrons. The second-order valence-electron chi connectivity index (χ2n) is 7.45. The molecule has 0 saturated carbocycles. The van der Waals surface area contributed by atoms with Crippen LogP contribution in [-0.4, -0.2) is 56.5 Å². The Morgan fingerprint density at radius 3 is 2.63 bits per heavy atom. The van der Waals surface area contributed by atoms with E-state index >= 15 is 0 Å². The number of carbonyl (C=O) groups excluding carboxylic acids is 1. The summed E-state index contributed by atoms with van der Waals surface area (Å²) >= 11 is 1.42. The second-order valence-corrected chi connectivity index (χ2v) is 8.39. The van der Waals surface area contributed by atoms with Crippen LogP contribution >= 0.6 is 11.8 Å². The average molecular weight is 424 g/mol. The van der Waals surface area contributed by atoms with Gasteiger partial charge < -0.3 is 9.64 Å². The molecule has 4 rings (SSSR count). The maximum atomic E-state index is 12.7. The van der Waals surface area contributed by atoms with Gasteiger partial charge in [0.05, 0.1) is 12.9 Å². The topological polar surface area (TPSA) is 73.1 Å². The van der Waals surface area contributed by atoms with E-state index in [9.17, 15) is 4.79 Å². The minimum Gasteiger partial charge on any atom is -0.497 e. The normalized spacial score (nSPS) is 16.5. The van der Waals surface area contributed by atoms with Gasteiger partial charge in [-0.25, -0.2) is 0 Å². The number of rotatable bonds is 6. The summed E-state index contributed by atoms with van der Waals surface area (Å²) in [5.74, 6) is 2.55. The van der Waals surface area contributed by atoms with Crippen LogP contribution in [-0.2, 0) is 4.79 Å². The lowest BCUT2D eigenvalue weighted by molar-refractivity contribution is -0.130. The zero-order valence-electron chi connectivity index (χ0n) is 17.2. The first-order chi connectivity index (χ1) is 14.7. The van der Waals surface area contributed by atoms with Gasteiger partial charge in [0.25, 0.3) is 0 Å². The number of nitrogens with zero attached hydrogens (tertiary/aromatic N) is 5. The third kappa shape index (κ3) is 4.48. The Bertz CT molecular complexity index is 991. The Morgan fingerprint density at radius 2 is 1.93 bits per heavy atom. The number of piperidine rings is 1. The lowest BCUT2D eigenvalue weighted by Gasteiger charge is -2.30. The Hall–Kier alpha value is -2.87. The fourth-order valence-electron chi connectivity index (χ4n) is 3.65. The van der Waals surface area contributed by atoms with Crippen LogP contribution in [0.3, 0.4) is 0 Å². The number of carbonyl (C=O) groups is 1. The first-order valence-electron chi connectivity index (χ1n) is 10.1. The van der Waals surface area contributed by atoms with Gasteiger partial charge in [-0.15, -0.1) is 10.2 Å². The number of hydrogen-bond acceptors (Lipinski definition) is 6. The average Bonchev–Trinajstić information content (AvgIpc) is 3.22. The summed E-state index contributed by atoms with van der Waals surface area (Å²) in [6.45, 7) is 3.89. The molecule has 8 heteroatoms. The molecule has 0 bridgehead atoms. The number of ether oxygens (including phenoxy) is 1. The van der Waals surface area contributed by atoms with E-state index in [1.807, 2.05) is 45.9 Å². The van der Waals surface area contributed by atoms with Gasteiger partial charge in [-0.05, 0) is 55.2 Å². The monoisotopic (exact) mass is 423 g/mol. The van der Waals surface area contributed by atoms with Crippen molar-refractivity contribution in [3.63, 3.8) is 0 Å². The Kier molecular flexibility index (Phi) is 6.32. The van der Waals surface area contributed by atoms with E-state index in [1.165, 1.54) is 18.2 Å². The number of methoxy groups -OCH3 is 1. The lowest BCUT2D eigenvalue weighted by Crippen LogP contribution is -2.40. The molecule has 1 amide bonds. The quantitative estimate of drug-likeness (QED) is 0.563. The van der Waals surface area contributed by atoms with E-state index < -0.39 is 0 Å². The number of thioether (sulfide) groups is 1. The van der Waals surface area contributed by atoms with Gasteiger partial charge in [0.2, 0.25) is 5.91 Å². The summed E-state index contributed by atoms with van der Waals surface area (Å²) in [4.78, 5) is 18.8. The zero-order chi connectivity index (χ0) is 20.9. The fraction of sp³-hybridized carbons (Fsp3) is 0.364. The number of pyridine rings is 1. The van der Waals surface area contributed by atoms with Gasteiger partial charge in [-0.3, -0.25) is 14.3 Å². The van der Waals surface area contributed by atoms with Crippen molar-refractivity contribution in [2.24, 2.45) is 5.92 Å². The number of aromatic nitrogens is 4. The Balaban J connectivity index is 1.61. The molecule has 0 aliphatic carbocycles. The van der Waals surface area contributed by atoms with Crippen LogP contribution in [0.5, 0.6) is 5.75 Å². The SMILES string of the molecule is COc1ccc(-n2c(SCC(=O)N3CCC[C@H](C)C3)nnc2-c2ccncc2)cc1. The molecular weight excluding hydrogens is 398 g/mol. The van der Waals surface area contributed by atoms with Crippen LogP contribution < -0.4 is 4.74 Å². The molecule has 2 aromatic heterocycles. The van der Waals surface area contributed by atoms with Crippen molar-refractivity contribution < 1.29 is 9.53 Å². The van der Waals surface area contributed by atoms with Crippen LogP contribution in [0.2, 0.25) is 0 Å². The van der Waals surface area contributed by atoms with E-state index in [0.717, 1.165) is 36.5 Å². The van der Waals surface area contributed by atoms with Crippen molar-refractivity contribution >= 4 is 17.7 Å². The van der Waals surface area contributed by atoms with Gasteiger partial charge >= 0.3 is 0 Å². The van der Waals surface area contributed by atoms with E-state index in [-0.39, 0.29) is 5.91 Å². The molecule has 0 N–H and O–H groups in total. The number of benzene rings is 1. The maximum Gasteiger partial charge on any atom is 0.233 e. The highest BCUT2D eigenvalue weighted by Gasteiger charge is 2.23. The number of amides is 1. The van der Waals surface area contributed by atoms with E-state index in [2.05, 4.69) is 22.1 Å². The highest BCUT2D eigenvalue weighted by molar-refractivity contribution is 7.99. The molecule has 1 atom stereocenters. The van der Waals surface area contributed by atoms with Crippen LogP contribution in [0.25, 0.3) is 17.1 Å². The molecule has 0 radical (unpaired) electrons. The Morgan fingerprint density at radius 1 is 1.17 bits per heavy atom. The highest BCUT2D eigenvalue weighted by Crippen LogP contribution is 2.29. The molecule has 1 aromatic carbocycles. The second kappa shape index (κ2) is 9.30. The zero-order valence-corrected chi connectivity index (χ0v) is 18.0. The van der Waals surface area contributed by atoms with Crippen LogP contribution in [0.15, 0.2) is 53.9 Å². The van der Waals surface area contributed by atoms with Crippen molar-refractivity contribution in [1.82, 2.24) is 24.6 Å². The maximum absolute atomic E-state index is 12.7. The van der Waals surface area contributed by atoms with Gasteiger partial charge in [0, 0.05) is 36.7 Å². The number of likely N-dealkylation sites (tertiary alicyclic amines) is 1. The van der Waals surface area contributed by atoms with Gasteiger partial charge in [0.1, 0.15) is 5.75 Å². The largest absolute Gasteiger partial charge is 0.497 e. The summed E-state index contributed by atoms with van der Waals surface area (Å²) in [7, 11) is 1.64. The molecule has 7 nitrogen and oxygen atoms in total. The molecular formula is C22H25N5O2S. The summed E-state index contributed by atoms with van der Waals surface area (Å²) in [5, 5.41) is 9.50. The van der Waals surface area contributed by atoms with E-state index in [1.54, 1.807) is 19.5 Å². The lowest BCUT2D eigenvalue weighted by atomic mass is 10.0. The summed E-state index contributed by atoms with van der Waals surface area (Å²) in [6.07, 6.45) is 5.73. The number of hydrogen-bond donors (Lipinski definition) is 0. The first-order valence-corrected chi connectivity index (χ1v) is 11.0. The standard InChI is InChI=1S/C22H25N5O2S/c1-16-4-3-13-26(14-16)20(28)15-30-22-25-24-21(17-9-11-23-12-10-17)27(22)18-5-7-19(29-2)8-6-18/h5-12,16H,3-4,13-15H2,1-2H3/t16-/m0/s1. The molecule has 30 heavy (non-hydrogen) atoms. The third-order valence-electron chi connectivity index (χ3n) is 5.24. The Labute approximate surface area is 180 Å². The minimum atomic E-state index is 0.154. The first kappa shape index (κ1) is 20.4. The molecule has 3 aromatic rings. The van der Waals surface area contributed by atoms with Crippen molar-refractivity contribution in [3.8, 4) is 22.8 Å². The summed E-state index contributed by atoms with van der Waals surface area (Å²) in [6, 6.07) is 11.5. The van der Waals surface area contributed by atoms with Gasteiger partial charge in [-0.1, -0.05) is 18.7 Å². The van der Waals surface area contributed by atoms with Crippen LogP contribution in [0.4, 0.5) is 0 Å². The van der Waals surface area contributed by atoms with Gasteiger partial charge in [0.15, 0.2) is 11.0 Å². The van der Waals surface area contributed by atoms with E-state index in [0.29, 0.717) is 22.7 Å². The predicted octanol–water partition coefficient (Wildman–Crippen LogP) is 3.69. The van der Waals surface area contributed by atoms with Crippen LogP contribution in [0.1, 0.15) is 19.8 Å². The van der Waals surface area contributed by atoms with Crippen molar-refractivity contribution in [3.05, 3.63) is 48.8 Å². The smallest absolute Gasteiger partial charge is 0.233 e. The highest BCUT2D eigenvalue weighted by atomic mass is 32.2. The molecule has 3 heterocycles. The molecule has 0 unspecified atom stereocenters. The minimum absolute atomic E-state index is 0.154. The van der Waals surface area contributed by atoms with Crippen LogP contribution in [0, 0.1) is 5.92 Å². The molecule has 1 saturated heterocycles. The van der Waals surface area contributed by atoms with Gasteiger partial charge in [-0.2, -0.15) is 0 Å². The third-order valence-corrected chi connectivity index (χ3v) is 6.15. The predicted molar refractivity (Wildman–Crippen MR) is 117 cm³/mol. The van der Waals surface area contributed by atoms with E-state index in [4.69, 9.17) is 4.74 Å². The molecule has 0 spiro atoms. The molecule has 1 fully saturated rings. The van der Waals surface area contributed by atoms with Crippen molar-refractivity contribution in [2.45, 2.75) is 24.9 Å².